The first-order valence-corrected chi connectivity index (χ1v) is 7.85. The highest BCUT2D eigenvalue weighted by Gasteiger charge is 2.35. The fourth-order valence-corrected chi connectivity index (χ4v) is 3.77. The van der Waals surface area contributed by atoms with Crippen molar-refractivity contribution in [1.82, 2.24) is 4.90 Å². The summed E-state index contributed by atoms with van der Waals surface area (Å²) in [4.78, 5) is 13.7. The number of fused-ring (bicyclic) bond motifs is 1. The normalized spacial score (nSPS) is 23.7. The number of rotatable bonds is 3. The molecule has 0 bridgehead atoms. The van der Waals surface area contributed by atoms with Crippen LogP contribution in [0, 0.1) is 0 Å². The summed E-state index contributed by atoms with van der Waals surface area (Å²) in [6, 6.07) is 7.34. The van der Waals surface area contributed by atoms with Crippen LogP contribution in [0.3, 0.4) is 0 Å². The Bertz CT molecular complexity index is 659. The van der Waals surface area contributed by atoms with E-state index < -0.39 is 18.4 Å². The van der Waals surface area contributed by atoms with Gasteiger partial charge in [-0.3, -0.25) is 4.79 Å². The Labute approximate surface area is 126 Å². The van der Waals surface area contributed by atoms with Gasteiger partial charge in [-0.2, -0.15) is 0 Å². The summed E-state index contributed by atoms with van der Waals surface area (Å²) < 4.78 is 14.5. The molecule has 1 aliphatic rings. The van der Waals surface area contributed by atoms with Crippen molar-refractivity contribution < 1.29 is 9.18 Å². The topological polar surface area (TPSA) is 72.3 Å². The number of nitrogens with zero attached hydrogens (tertiary/aromatic N) is 1. The van der Waals surface area contributed by atoms with Crippen LogP contribution >= 0.6 is 11.3 Å². The average molecular weight is 307 g/mol. The molecule has 6 heteroatoms. The van der Waals surface area contributed by atoms with E-state index in [1.54, 1.807) is 11.3 Å². The van der Waals surface area contributed by atoms with Crippen molar-refractivity contribution in [1.29, 1.82) is 0 Å². The maximum atomic E-state index is 13.3. The lowest BCUT2D eigenvalue weighted by Crippen LogP contribution is -2.49. The van der Waals surface area contributed by atoms with Crippen LogP contribution in [0.2, 0.25) is 0 Å². The first kappa shape index (κ1) is 14.4. The molecule has 1 aliphatic heterocycles. The van der Waals surface area contributed by atoms with E-state index in [2.05, 4.69) is 0 Å². The van der Waals surface area contributed by atoms with Gasteiger partial charge in [0.2, 0.25) is 5.91 Å². The van der Waals surface area contributed by atoms with Gasteiger partial charge in [-0.15, -0.1) is 11.3 Å². The number of amides is 1. The van der Waals surface area contributed by atoms with Crippen molar-refractivity contribution in [3.8, 4) is 0 Å². The zero-order chi connectivity index (χ0) is 15.0. The molecule has 1 aromatic carbocycles. The quantitative estimate of drug-likeness (QED) is 0.905. The largest absolute Gasteiger partial charge is 0.323 e. The molecule has 0 saturated carbocycles. The number of alkyl halides is 1. The van der Waals surface area contributed by atoms with E-state index in [9.17, 15) is 9.18 Å². The lowest BCUT2D eigenvalue weighted by Gasteiger charge is -2.24. The summed E-state index contributed by atoms with van der Waals surface area (Å²) in [6.45, 7) is 0.0537. The Balaban J connectivity index is 1.74. The van der Waals surface area contributed by atoms with E-state index in [0.29, 0.717) is 6.42 Å². The minimum atomic E-state index is -1.04. The Hall–Kier alpha value is -1.50. The number of carbonyl (C=O) groups excluding carboxylic acids is 1. The number of hydrogen-bond acceptors (Lipinski definition) is 4. The van der Waals surface area contributed by atoms with Crippen LogP contribution in [-0.4, -0.2) is 35.7 Å². The summed E-state index contributed by atoms with van der Waals surface area (Å²) in [5.41, 5.74) is 12.9. The molecule has 21 heavy (non-hydrogen) atoms. The molecule has 2 aromatic rings. The molecule has 2 heterocycles. The highest BCUT2D eigenvalue weighted by atomic mass is 32.1. The lowest BCUT2D eigenvalue weighted by molar-refractivity contribution is -0.133. The number of thiophene rings is 1. The SMILES string of the molecule is N[C@@H]1C[C@H](F)CN1C(=O)[C@@H](N)Cc1csc2ccccc12. The molecular formula is C15H18FN3OS. The second-order valence-electron chi connectivity index (χ2n) is 5.46. The van der Waals surface area contributed by atoms with E-state index >= 15 is 0 Å². The zero-order valence-corrected chi connectivity index (χ0v) is 12.4. The van der Waals surface area contributed by atoms with Gasteiger partial charge in [0.1, 0.15) is 6.17 Å². The fraction of sp³-hybridized carbons (Fsp3) is 0.400. The third kappa shape index (κ3) is 2.79. The molecular weight excluding hydrogens is 289 g/mol. The fourth-order valence-electron chi connectivity index (χ4n) is 2.79. The molecule has 1 fully saturated rings. The van der Waals surface area contributed by atoms with Crippen LogP contribution in [-0.2, 0) is 11.2 Å². The Morgan fingerprint density at radius 3 is 2.95 bits per heavy atom. The third-order valence-corrected chi connectivity index (χ3v) is 4.91. The first-order valence-electron chi connectivity index (χ1n) is 6.97. The Kier molecular flexibility index (Phi) is 3.93. The number of likely N-dealkylation sites (tertiary alicyclic amines) is 1. The van der Waals surface area contributed by atoms with Gasteiger partial charge >= 0.3 is 0 Å². The molecule has 0 spiro atoms. The van der Waals surface area contributed by atoms with E-state index in [1.165, 1.54) is 9.60 Å². The highest BCUT2D eigenvalue weighted by Crippen LogP contribution is 2.27. The molecule has 4 N–H and O–H groups in total. The second-order valence-corrected chi connectivity index (χ2v) is 6.37. The smallest absolute Gasteiger partial charge is 0.241 e. The maximum Gasteiger partial charge on any atom is 0.241 e. The molecule has 0 unspecified atom stereocenters. The summed E-state index contributed by atoms with van der Waals surface area (Å²) in [7, 11) is 0. The van der Waals surface area contributed by atoms with Gasteiger partial charge in [-0.1, -0.05) is 18.2 Å². The van der Waals surface area contributed by atoms with Gasteiger partial charge in [0.25, 0.3) is 0 Å². The van der Waals surface area contributed by atoms with Crippen LogP contribution in [0.25, 0.3) is 10.1 Å². The first-order chi connectivity index (χ1) is 10.1. The van der Waals surface area contributed by atoms with E-state index in [-0.39, 0.29) is 18.9 Å². The molecule has 3 atom stereocenters. The predicted octanol–water partition coefficient (Wildman–Crippen LogP) is 1.63. The lowest BCUT2D eigenvalue weighted by atomic mass is 10.0. The standard InChI is InChI=1S/C15H18FN3OS/c16-10-6-14(18)19(7-10)15(20)12(17)5-9-8-21-13-4-2-1-3-11(9)13/h1-4,8,10,12,14H,5-7,17-18H2/t10-,12-,14-/m0/s1. The van der Waals surface area contributed by atoms with E-state index in [1.807, 2.05) is 29.6 Å². The summed E-state index contributed by atoms with van der Waals surface area (Å²) >= 11 is 1.64. The summed E-state index contributed by atoms with van der Waals surface area (Å²) in [5.74, 6) is -0.266. The zero-order valence-electron chi connectivity index (χ0n) is 11.5. The number of nitrogens with two attached hydrogens (primary N) is 2. The highest BCUT2D eigenvalue weighted by molar-refractivity contribution is 7.17. The molecule has 3 rings (SSSR count). The maximum absolute atomic E-state index is 13.3. The second kappa shape index (κ2) is 5.71. The van der Waals surface area contributed by atoms with Crippen molar-refractivity contribution in [2.24, 2.45) is 11.5 Å². The van der Waals surface area contributed by atoms with Gasteiger partial charge in [0.05, 0.1) is 18.8 Å². The number of carbonyl (C=O) groups is 1. The molecule has 1 aromatic heterocycles. The minimum Gasteiger partial charge on any atom is -0.323 e. The van der Waals surface area contributed by atoms with Crippen molar-refractivity contribution in [3.63, 3.8) is 0 Å². The Morgan fingerprint density at radius 1 is 1.48 bits per heavy atom. The molecule has 1 saturated heterocycles. The molecule has 4 nitrogen and oxygen atoms in total. The number of benzene rings is 1. The van der Waals surface area contributed by atoms with E-state index in [0.717, 1.165) is 10.9 Å². The number of hydrogen-bond donors (Lipinski definition) is 2. The third-order valence-electron chi connectivity index (χ3n) is 3.89. The van der Waals surface area contributed by atoms with Crippen LogP contribution in [0.1, 0.15) is 12.0 Å². The molecule has 112 valence electrons. The minimum absolute atomic E-state index is 0.0537. The summed E-state index contributed by atoms with van der Waals surface area (Å²) in [6.07, 6.45) is -0.959. The van der Waals surface area contributed by atoms with Gasteiger partial charge in [0.15, 0.2) is 0 Å². The monoisotopic (exact) mass is 307 g/mol. The van der Waals surface area contributed by atoms with Gasteiger partial charge in [-0.25, -0.2) is 4.39 Å². The average Bonchev–Trinajstić information content (AvgIpc) is 3.02. The van der Waals surface area contributed by atoms with Gasteiger partial charge in [0, 0.05) is 11.1 Å². The van der Waals surface area contributed by atoms with Crippen molar-refractivity contribution >= 4 is 27.3 Å². The van der Waals surface area contributed by atoms with Crippen LogP contribution < -0.4 is 11.5 Å². The molecule has 1 amide bonds. The number of halogens is 1. The van der Waals surface area contributed by atoms with Gasteiger partial charge < -0.3 is 16.4 Å². The van der Waals surface area contributed by atoms with E-state index in [4.69, 9.17) is 11.5 Å². The van der Waals surface area contributed by atoms with Crippen LogP contribution in [0.15, 0.2) is 29.6 Å². The summed E-state index contributed by atoms with van der Waals surface area (Å²) in [5, 5.41) is 3.15. The Morgan fingerprint density at radius 2 is 2.24 bits per heavy atom. The van der Waals surface area contributed by atoms with Crippen LogP contribution in [0.4, 0.5) is 4.39 Å². The van der Waals surface area contributed by atoms with Gasteiger partial charge in [-0.05, 0) is 28.8 Å². The van der Waals surface area contributed by atoms with Crippen LogP contribution in [0.5, 0.6) is 0 Å². The van der Waals surface area contributed by atoms with Crippen molar-refractivity contribution in [3.05, 3.63) is 35.2 Å². The van der Waals surface area contributed by atoms with Crippen molar-refractivity contribution in [2.75, 3.05) is 6.54 Å². The molecule has 0 radical (unpaired) electrons. The predicted molar refractivity (Wildman–Crippen MR) is 82.7 cm³/mol. The van der Waals surface area contributed by atoms with Crippen molar-refractivity contribution in [2.45, 2.75) is 31.2 Å². The molecule has 0 aliphatic carbocycles.